The van der Waals surface area contributed by atoms with E-state index < -0.39 is 5.97 Å². The first-order valence-electron chi connectivity index (χ1n) is 4.02. The van der Waals surface area contributed by atoms with Crippen LogP contribution in [0.25, 0.3) is 0 Å². The Morgan fingerprint density at radius 3 is 2.42 bits per heavy atom. The largest absolute Gasteiger partial charge is 0.480 e. The number of hydrogen-bond donors (Lipinski definition) is 2. The van der Waals surface area contributed by atoms with Crippen molar-refractivity contribution < 1.29 is 9.90 Å². The van der Waals surface area contributed by atoms with Crippen LogP contribution in [-0.2, 0) is 4.79 Å². The number of carboxylic acid groups (broad SMARTS) is 1. The smallest absolute Gasteiger partial charge is 0.321 e. The van der Waals surface area contributed by atoms with E-state index in [1.54, 1.807) is 11.8 Å². The van der Waals surface area contributed by atoms with E-state index in [0.717, 1.165) is 0 Å². The second kappa shape index (κ2) is 3.26. The quantitative estimate of drug-likeness (QED) is 0.649. The zero-order valence-corrected chi connectivity index (χ0v) is 8.44. The third-order valence-electron chi connectivity index (χ3n) is 1.87. The molecule has 0 spiro atoms. The molecule has 12 heavy (non-hydrogen) atoms. The van der Waals surface area contributed by atoms with Crippen molar-refractivity contribution in [1.82, 2.24) is 5.32 Å². The lowest BCUT2D eigenvalue weighted by Gasteiger charge is -2.26. The van der Waals surface area contributed by atoms with E-state index in [2.05, 4.69) is 26.1 Å². The van der Waals surface area contributed by atoms with E-state index in [4.69, 9.17) is 5.11 Å². The molecule has 0 bridgehead atoms. The van der Waals surface area contributed by atoms with Gasteiger partial charge >= 0.3 is 5.97 Å². The van der Waals surface area contributed by atoms with Gasteiger partial charge in [-0.1, -0.05) is 20.8 Å². The fraction of sp³-hybridized carbons (Fsp3) is 0.875. The van der Waals surface area contributed by atoms with Gasteiger partial charge in [0.05, 0.1) is 5.37 Å². The predicted molar refractivity (Wildman–Crippen MR) is 50.3 cm³/mol. The third-order valence-corrected chi connectivity index (χ3v) is 3.57. The molecule has 2 atom stereocenters. The van der Waals surface area contributed by atoms with Gasteiger partial charge in [0.15, 0.2) is 0 Å². The molecule has 3 nitrogen and oxygen atoms in total. The molecule has 0 aromatic rings. The van der Waals surface area contributed by atoms with Crippen LogP contribution < -0.4 is 5.32 Å². The highest BCUT2D eigenvalue weighted by atomic mass is 32.2. The van der Waals surface area contributed by atoms with Crippen LogP contribution in [0, 0.1) is 5.41 Å². The summed E-state index contributed by atoms with van der Waals surface area (Å²) in [7, 11) is 0. The van der Waals surface area contributed by atoms with E-state index in [9.17, 15) is 4.79 Å². The second-order valence-electron chi connectivity index (χ2n) is 4.14. The molecule has 1 fully saturated rings. The van der Waals surface area contributed by atoms with Gasteiger partial charge in [-0.15, -0.1) is 11.8 Å². The minimum absolute atomic E-state index is 0.134. The molecule has 0 amide bonds. The zero-order chi connectivity index (χ0) is 9.35. The summed E-state index contributed by atoms with van der Waals surface area (Å²) in [6.07, 6.45) is 0. The molecule has 0 radical (unpaired) electrons. The SMILES string of the molecule is CC(C)(C)[C@H]1N[C@@H](C(=O)O)CS1. The summed E-state index contributed by atoms with van der Waals surface area (Å²) >= 11 is 1.69. The zero-order valence-electron chi connectivity index (χ0n) is 7.63. The molecule has 1 heterocycles. The fourth-order valence-electron chi connectivity index (χ4n) is 1.11. The Hall–Kier alpha value is -0.220. The Labute approximate surface area is 76.9 Å². The van der Waals surface area contributed by atoms with Gasteiger partial charge in [-0.3, -0.25) is 10.1 Å². The van der Waals surface area contributed by atoms with Crippen LogP contribution in [0.1, 0.15) is 20.8 Å². The van der Waals surface area contributed by atoms with Gasteiger partial charge in [-0.25, -0.2) is 0 Å². The molecule has 0 saturated carbocycles. The first kappa shape index (κ1) is 9.86. The van der Waals surface area contributed by atoms with Crippen molar-refractivity contribution in [2.75, 3.05) is 5.75 Å². The molecular weight excluding hydrogens is 174 g/mol. The normalized spacial score (nSPS) is 30.6. The topological polar surface area (TPSA) is 49.3 Å². The van der Waals surface area contributed by atoms with Crippen LogP contribution >= 0.6 is 11.8 Å². The molecular formula is C8H15NO2S. The van der Waals surface area contributed by atoms with Crippen molar-refractivity contribution in [2.45, 2.75) is 32.2 Å². The maximum Gasteiger partial charge on any atom is 0.321 e. The van der Waals surface area contributed by atoms with Crippen LogP contribution in [0.15, 0.2) is 0 Å². The van der Waals surface area contributed by atoms with Crippen LogP contribution in [0.2, 0.25) is 0 Å². The van der Waals surface area contributed by atoms with Gasteiger partial charge in [-0.2, -0.15) is 0 Å². The summed E-state index contributed by atoms with van der Waals surface area (Å²) in [6, 6.07) is -0.362. The molecule has 2 N–H and O–H groups in total. The number of carboxylic acids is 1. The number of carbonyl (C=O) groups is 1. The summed E-state index contributed by atoms with van der Waals surface area (Å²) in [5, 5.41) is 12.1. The number of rotatable bonds is 1. The van der Waals surface area contributed by atoms with Crippen LogP contribution in [0.5, 0.6) is 0 Å². The Bertz CT molecular complexity index is 188. The maximum atomic E-state index is 10.6. The van der Waals surface area contributed by atoms with E-state index in [-0.39, 0.29) is 16.8 Å². The minimum atomic E-state index is -0.741. The van der Waals surface area contributed by atoms with Crippen molar-refractivity contribution in [1.29, 1.82) is 0 Å². The Kier molecular flexibility index (Phi) is 2.68. The van der Waals surface area contributed by atoms with Crippen LogP contribution in [0.4, 0.5) is 0 Å². The summed E-state index contributed by atoms with van der Waals surface area (Å²) in [4.78, 5) is 10.6. The Morgan fingerprint density at radius 2 is 2.17 bits per heavy atom. The van der Waals surface area contributed by atoms with Gasteiger partial charge in [0.2, 0.25) is 0 Å². The molecule has 0 aromatic heterocycles. The summed E-state index contributed by atoms with van der Waals surface area (Å²) < 4.78 is 0. The lowest BCUT2D eigenvalue weighted by atomic mass is 9.96. The Morgan fingerprint density at radius 1 is 1.58 bits per heavy atom. The highest BCUT2D eigenvalue weighted by molar-refractivity contribution is 8.00. The Balaban J connectivity index is 2.51. The van der Waals surface area contributed by atoms with Gasteiger partial charge in [-0.05, 0) is 5.41 Å². The first-order chi connectivity index (χ1) is 5.41. The maximum absolute atomic E-state index is 10.6. The highest BCUT2D eigenvalue weighted by Gasteiger charge is 2.35. The van der Waals surface area contributed by atoms with Gasteiger partial charge < -0.3 is 5.11 Å². The van der Waals surface area contributed by atoms with Crippen LogP contribution in [-0.4, -0.2) is 28.2 Å². The van der Waals surface area contributed by atoms with Crippen molar-refractivity contribution in [3.05, 3.63) is 0 Å². The standard InChI is InChI=1S/C8H15NO2S/c1-8(2,3)7-9-5(4-12-7)6(10)11/h5,7,9H,4H2,1-3H3,(H,10,11)/t5-,7+/m1/s1. The van der Waals surface area contributed by atoms with Gasteiger partial charge in [0.1, 0.15) is 6.04 Å². The first-order valence-corrected chi connectivity index (χ1v) is 5.06. The van der Waals surface area contributed by atoms with E-state index in [1.165, 1.54) is 0 Å². The van der Waals surface area contributed by atoms with Crippen molar-refractivity contribution in [2.24, 2.45) is 5.41 Å². The number of nitrogens with one attached hydrogen (secondary N) is 1. The lowest BCUT2D eigenvalue weighted by Crippen LogP contribution is -2.41. The molecule has 1 rings (SSSR count). The predicted octanol–water partition coefficient (Wildman–Crippen LogP) is 1.15. The number of aliphatic carboxylic acids is 1. The van der Waals surface area contributed by atoms with Gasteiger partial charge in [0, 0.05) is 5.75 Å². The molecule has 1 saturated heterocycles. The van der Waals surface area contributed by atoms with Gasteiger partial charge in [0.25, 0.3) is 0 Å². The van der Waals surface area contributed by atoms with Crippen molar-refractivity contribution in [3.63, 3.8) is 0 Å². The lowest BCUT2D eigenvalue weighted by molar-refractivity contribution is -0.138. The second-order valence-corrected chi connectivity index (χ2v) is 5.27. The number of hydrogen-bond acceptors (Lipinski definition) is 3. The number of thioether (sulfide) groups is 1. The molecule has 1 aliphatic rings. The summed E-state index contributed by atoms with van der Waals surface area (Å²) in [5.74, 6) is -0.0636. The van der Waals surface area contributed by atoms with E-state index in [0.29, 0.717) is 5.75 Å². The summed E-state index contributed by atoms with van der Waals surface area (Å²) in [6.45, 7) is 6.34. The summed E-state index contributed by atoms with van der Waals surface area (Å²) in [5.41, 5.74) is 0.134. The molecule has 0 aromatic carbocycles. The molecule has 70 valence electrons. The fourth-order valence-corrected chi connectivity index (χ4v) is 2.50. The molecule has 1 aliphatic heterocycles. The van der Waals surface area contributed by atoms with E-state index in [1.807, 2.05) is 0 Å². The molecule has 0 unspecified atom stereocenters. The average Bonchev–Trinajstić information content (AvgIpc) is 2.30. The van der Waals surface area contributed by atoms with Crippen LogP contribution in [0.3, 0.4) is 0 Å². The molecule has 4 heteroatoms. The van der Waals surface area contributed by atoms with E-state index >= 15 is 0 Å². The van der Waals surface area contributed by atoms with Crippen molar-refractivity contribution in [3.8, 4) is 0 Å². The highest BCUT2D eigenvalue weighted by Crippen LogP contribution is 2.33. The van der Waals surface area contributed by atoms with Crippen molar-refractivity contribution >= 4 is 17.7 Å². The minimum Gasteiger partial charge on any atom is -0.480 e. The molecule has 0 aliphatic carbocycles. The monoisotopic (exact) mass is 189 g/mol. The third kappa shape index (κ3) is 2.14. The average molecular weight is 189 g/mol.